The number of rotatable bonds is 3. The predicted octanol–water partition coefficient (Wildman–Crippen LogP) is -1.46. The van der Waals surface area contributed by atoms with E-state index >= 15 is 0 Å². The van der Waals surface area contributed by atoms with Crippen LogP contribution in [0.2, 0.25) is 0 Å². The second-order valence-electron chi connectivity index (χ2n) is 2.70. The minimum Gasteiger partial charge on any atom is -0.368 e. The summed E-state index contributed by atoms with van der Waals surface area (Å²) < 4.78 is 19.7. The summed E-state index contributed by atoms with van der Waals surface area (Å²) in [6.45, 7) is 0. The largest absolute Gasteiger partial charge is 0.368 e. The molecule has 1 rings (SSSR count). The lowest BCUT2D eigenvalue weighted by atomic mass is 10.9. The van der Waals surface area contributed by atoms with Crippen molar-refractivity contribution in [1.82, 2.24) is 15.0 Å². The van der Waals surface area contributed by atoms with Crippen LogP contribution in [0.25, 0.3) is 0 Å². The molecule has 1 aromatic rings. The molecular weight excluding hydrogens is 270 g/mol. The molecule has 0 bridgehead atoms. The van der Waals surface area contributed by atoms with Gasteiger partial charge in [0, 0.05) is 12.3 Å². The summed E-state index contributed by atoms with van der Waals surface area (Å²) in [5.41, 5.74) is 15.4. The van der Waals surface area contributed by atoms with Crippen LogP contribution in [0.15, 0.2) is 0 Å². The highest BCUT2D eigenvalue weighted by Gasteiger charge is 1.95. The summed E-state index contributed by atoms with van der Waals surface area (Å²) in [4.78, 5) is 26.7. The van der Waals surface area contributed by atoms with Crippen LogP contribution in [0, 0.1) is 0 Å². The SMILES string of the molecule is Nc1nc(N)nc(N)n1.O=[PH](O)CC[PH](=O)O. The molecule has 0 aliphatic heterocycles. The molecule has 2 atom stereocenters. The van der Waals surface area contributed by atoms with Gasteiger partial charge in [-0.2, -0.15) is 15.0 Å². The van der Waals surface area contributed by atoms with E-state index in [0.717, 1.165) is 0 Å². The lowest BCUT2D eigenvalue weighted by Gasteiger charge is -1.93. The van der Waals surface area contributed by atoms with Gasteiger partial charge in [-0.15, -0.1) is 0 Å². The average Bonchev–Trinajstić information content (AvgIpc) is 2.13. The molecule has 8 N–H and O–H groups in total. The van der Waals surface area contributed by atoms with Crippen molar-refractivity contribution in [3.8, 4) is 0 Å². The van der Waals surface area contributed by atoms with Gasteiger partial charge in [-0.3, -0.25) is 9.13 Å². The van der Waals surface area contributed by atoms with Gasteiger partial charge in [-0.05, 0) is 0 Å². The van der Waals surface area contributed by atoms with Crippen LogP contribution < -0.4 is 17.2 Å². The Hall–Kier alpha value is -1.21. The third-order valence-corrected chi connectivity index (χ3v) is 3.10. The van der Waals surface area contributed by atoms with Crippen LogP contribution >= 0.6 is 16.1 Å². The first-order valence-electron chi connectivity index (χ1n) is 4.27. The zero-order valence-electron chi connectivity index (χ0n) is 8.70. The zero-order chi connectivity index (χ0) is 13.4. The van der Waals surface area contributed by atoms with Gasteiger partial charge in [-0.1, -0.05) is 0 Å². The molecule has 0 spiro atoms. The number of hydrogen-bond donors (Lipinski definition) is 5. The minimum atomic E-state index is -2.51. The quantitative estimate of drug-likeness (QED) is 0.409. The van der Waals surface area contributed by atoms with E-state index in [0.29, 0.717) is 0 Å². The Morgan fingerprint density at radius 2 is 1.06 bits per heavy atom. The highest BCUT2D eigenvalue weighted by atomic mass is 31.1. The van der Waals surface area contributed by atoms with Gasteiger partial charge < -0.3 is 27.0 Å². The molecule has 0 saturated carbocycles. The molecule has 12 heteroatoms. The Kier molecular flexibility index (Phi) is 7.40. The van der Waals surface area contributed by atoms with Crippen LogP contribution in [-0.4, -0.2) is 37.1 Å². The topological polar surface area (TPSA) is 191 Å². The van der Waals surface area contributed by atoms with E-state index < -0.39 is 16.1 Å². The normalized spacial score (nSPS) is 13.3. The lowest BCUT2D eigenvalue weighted by Crippen LogP contribution is -2.05. The Balaban J connectivity index is 0.000000304. The van der Waals surface area contributed by atoms with Crippen LogP contribution in [0.5, 0.6) is 0 Å². The van der Waals surface area contributed by atoms with Gasteiger partial charge in [0.05, 0.1) is 0 Å². The molecule has 2 unspecified atom stereocenters. The maximum atomic E-state index is 9.86. The van der Waals surface area contributed by atoms with E-state index in [1.54, 1.807) is 0 Å². The van der Waals surface area contributed by atoms with E-state index in [4.69, 9.17) is 27.0 Å². The monoisotopic (exact) mass is 284 g/mol. The number of hydrogen-bond acceptors (Lipinski definition) is 8. The molecular formula is C5H14N6O4P2. The maximum Gasteiger partial charge on any atom is 0.226 e. The van der Waals surface area contributed by atoms with Gasteiger partial charge in [-0.25, -0.2) is 0 Å². The Labute approximate surface area is 98.0 Å². The number of nitrogens with zero attached hydrogens (tertiary/aromatic N) is 3. The summed E-state index contributed by atoms with van der Waals surface area (Å²) in [5, 5.41) is 0. The van der Waals surface area contributed by atoms with Gasteiger partial charge in [0.1, 0.15) is 0 Å². The van der Waals surface area contributed by atoms with Gasteiger partial charge in [0.15, 0.2) is 16.1 Å². The van der Waals surface area contributed by atoms with Crippen molar-refractivity contribution in [2.45, 2.75) is 0 Å². The first-order valence-corrected chi connectivity index (χ1v) is 7.40. The molecule has 0 fully saturated rings. The fraction of sp³-hybridized carbons (Fsp3) is 0.400. The molecule has 0 aliphatic rings. The van der Waals surface area contributed by atoms with Crippen molar-refractivity contribution in [1.29, 1.82) is 0 Å². The molecule has 0 amide bonds. The highest BCUT2D eigenvalue weighted by Crippen LogP contribution is 2.20. The van der Waals surface area contributed by atoms with Crippen LogP contribution in [-0.2, 0) is 9.13 Å². The van der Waals surface area contributed by atoms with Crippen LogP contribution in [0.3, 0.4) is 0 Å². The molecule has 0 radical (unpaired) electrons. The summed E-state index contributed by atoms with van der Waals surface area (Å²) in [5.74, 6) is 0.125. The van der Waals surface area contributed by atoms with Crippen molar-refractivity contribution in [3.05, 3.63) is 0 Å². The fourth-order valence-electron chi connectivity index (χ4n) is 0.641. The third-order valence-electron chi connectivity index (χ3n) is 1.24. The molecule has 0 aliphatic carbocycles. The van der Waals surface area contributed by atoms with Crippen molar-refractivity contribution in [3.63, 3.8) is 0 Å². The van der Waals surface area contributed by atoms with Crippen LogP contribution in [0.4, 0.5) is 17.8 Å². The van der Waals surface area contributed by atoms with Crippen LogP contribution in [0.1, 0.15) is 0 Å². The zero-order valence-corrected chi connectivity index (χ0v) is 10.7. The van der Waals surface area contributed by atoms with Crippen molar-refractivity contribution in [2.75, 3.05) is 29.5 Å². The van der Waals surface area contributed by atoms with E-state index in [-0.39, 0.29) is 30.2 Å². The Bertz CT molecular complexity index is 351. The summed E-state index contributed by atoms with van der Waals surface area (Å²) in [6, 6.07) is 0. The lowest BCUT2D eigenvalue weighted by molar-refractivity contribution is 0.494. The van der Waals surface area contributed by atoms with Gasteiger partial charge >= 0.3 is 0 Å². The Morgan fingerprint density at radius 3 is 1.24 bits per heavy atom. The van der Waals surface area contributed by atoms with E-state index in [2.05, 4.69) is 15.0 Å². The highest BCUT2D eigenvalue weighted by molar-refractivity contribution is 7.42. The maximum absolute atomic E-state index is 9.86. The molecule has 17 heavy (non-hydrogen) atoms. The number of nitrogens with two attached hydrogens (primary N) is 3. The number of nitrogen functional groups attached to an aromatic ring is 3. The molecule has 98 valence electrons. The summed E-state index contributed by atoms with van der Waals surface area (Å²) >= 11 is 0. The third kappa shape index (κ3) is 9.70. The summed E-state index contributed by atoms with van der Waals surface area (Å²) in [7, 11) is -5.03. The number of anilines is 3. The molecule has 0 saturated heterocycles. The fourth-order valence-corrected chi connectivity index (χ4v) is 2.35. The Morgan fingerprint density at radius 1 is 0.824 bits per heavy atom. The van der Waals surface area contributed by atoms with Crippen molar-refractivity contribution in [2.24, 2.45) is 0 Å². The minimum absolute atomic E-state index is 0.0288. The smallest absolute Gasteiger partial charge is 0.226 e. The molecule has 10 nitrogen and oxygen atoms in total. The van der Waals surface area contributed by atoms with Crippen molar-refractivity contribution < 1.29 is 18.9 Å². The molecule has 1 aromatic heterocycles. The van der Waals surface area contributed by atoms with Gasteiger partial charge in [0.25, 0.3) is 0 Å². The van der Waals surface area contributed by atoms with E-state index in [1.807, 2.05) is 0 Å². The first-order chi connectivity index (χ1) is 7.81. The molecule has 1 heterocycles. The van der Waals surface area contributed by atoms with E-state index in [1.165, 1.54) is 0 Å². The van der Waals surface area contributed by atoms with Gasteiger partial charge in [0.2, 0.25) is 17.8 Å². The molecule has 0 aromatic carbocycles. The van der Waals surface area contributed by atoms with E-state index in [9.17, 15) is 9.13 Å². The average molecular weight is 284 g/mol. The second-order valence-corrected chi connectivity index (χ2v) is 5.27. The number of aromatic nitrogens is 3. The van der Waals surface area contributed by atoms with Crippen molar-refractivity contribution >= 4 is 33.9 Å². The predicted molar refractivity (Wildman–Crippen MR) is 65.2 cm³/mol. The summed E-state index contributed by atoms with van der Waals surface area (Å²) in [6.07, 6.45) is -0.0576. The second kappa shape index (κ2) is 7.97. The first kappa shape index (κ1) is 15.8. The standard InChI is InChI=1S/C3H6N6.C2H8O4P2/c4-1-7-2(5)9-3(6)8-1;3-7(4)1-2-8(5)6/h(H6,4,5,6,7,8,9);7-8H,1-2H2,(H,3,4)(H,5,6).